The molecule has 1 aromatic carbocycles. The summed E-state index contributed by atoms with van der Waals surface area (Å²) in [5, 5.41) is 16.0. The normalized spacial score (nSPS) is 23.3. The number of isocyanates is 1. The Hall–Kier alpha value is -6.81. The molecule has 3 saturated carbocycles. The Bertz CT molecular complexity index is 4350. The van der Waals surface area contributed by atoms with E-state index in [1.54, 1.807) is 30.6 Å². The summed E-state index contributed by atoms with van der Waals surface area (Å²) in [6.07, 6.45) is 0.473. The van der Waals surface area contributed by atoms with Crippen LogP contribution in [0.3, 0.4) is 0 Å². The molecule has 0 unspecified atom stereocenters. The van der Waals surface area contributed by atoms with Crippen molar-refractivity contribution in [3.63, 3.8) is 0 Å². The highest BCUT2D eigenvalue weighted by molar-refractivity contribution is 7.88. The number of hydrogen-bond donors (Lipinski definition) is 7. The van der Waals surface area contributed by atoms with Crippen LogP contribution in [0.25, 0.3) is 0 Å². The number of sulfonamides is 3. The first-order valence-electron chi connectivity index (χ1n) is 41.0. The van der Waals surface area contributed by atoms with E-state index in [-0.39, 0.29) is 146 Å². The third-order valence-electron chi connectivity index (χ3n) is 25.3. The summed E-state index contributed by atoms with van der Waals surface area (Å²) in [6, 6.07) is -6.24. The number of nitrogens with two attached hydrogens (primary N) is 1. The Morgan fingerprint density at radius 2 is 0.863 bits per heavy atom. The van der Waals surface area contributed by atoms with Crippen LogP contribution in [0.2, 0.25) is 0 Å². The molecule has 6 aliphatic rings. The van der Waals surface area contributed by atoms with Gasteiger partial charge in [-0.3, -0.25) is 24.0 Å². The fourth-order valence-electron chi connectivity index (χ4n) is 16.1. The lowest BCUT2D eigenvalue weighted by atomic mass is 9.85. The molecule has 3 radical (unpaired) electrons. The molecule has 3 aliphatic heterocycles. The van der Waals surface area contributed by atoms with Crippen molar-refractivity contribution in [3.8, 4) is 0 Å². The monoisotopic (exact) mass is 1840 g/mol. The zero-order chi connectivity index (χ0) is 94.8. The van der Waals surface area contributed by atoms with Crippen molar-refractivity contribution in [1.29, 1.82) is 0 Å². The predicted molar refractivity (Wildman–Crippen MR) is 469 cm³/mol. The minimum absolute atomic E-state index is 0. The topological polar surface area (TPSA) is 422 Å². The first-order valence-corrected chi connectivity index (χ1v) is 46.5. The highest BCUT2D eigenvalue weighted by Crippen LogP contribution is 2.67. The molecule has 0 bridgehead atoms. The number of nitrogens with zero attached hydrogens (tertiary/aromatic N) is 7. The van der Waals surface area contributed by atoms with Gasteiger partial charge in [0.1, 0.15) is 47.9 Å². The van der Waals surface area contributed by atoms with Crippen molar-refractivity contribution < 1.29 is 100 Å². The van der Waals surface area contributed by atoms with Crippen molar-refractivity contribution in [2.24, 2.45) is 95.0 Å². The smallest absolute Gasteiger partial charge is 0.328 e. The van der Waals surface area contributed by atoms with Crippen LogP contribution in [-0.4, -0.2) is 288 Å². The molecular weight excluding hydrogens is 1700 g/mol. The van der Waals surface area contributed by atoms with Gasteiger partial charge >= 0.3 is 24.0 Å². The Labute approximate surface area is 742 Å². The summed E-state index contributed by atoms with van der Waals surface area (Å²) in [6.45, 7) is 46.8. The van der Waals surface area contributed by atoms with E-state index in [9.17, 15) is 90.8 Å². The second kappa shape index (κ2) is 41.7. The summed E-state index contributed by atoms with van der Waals surface area (Å²) in [5.74, 6) is -4.92. The standard InChI is InChI=1S/C35H54F4N6O6S.C24H44N4O6S.C15H26N2O3.C9H18N2O3S.B.ClH/c1-33(2,3)24(18-44(9)52(10,50)51)42-32(49)43-28(34(4,5)6)31(48)45-17-20-26(35(20,7)8)27(45)30(47)41-23(16-25(38)39)29(46)40-15-14-19-21(36)12-11-13-22(19)37;1-22(2,3)15(13-27(9)35(11,32)33)25-21(31)26-18(23(4,5)6)19(29)28-12-14-16(24(14,7)8)17(28)20(30)34-10;1-14(2,3)11(16)12(18)17-7-8-9(15(8,4)5)10(17)13(19)20-6;1-9(2,3)8(10-7-12)6-11(4)15(5,13)14;;/h11-13,20,23-28H,14-18H2,1-10H3,(H,40,46)(H,41,47)(H2,42,43,49);14-18H,12-13H2,1-11H3,(H2,25,26,31);8-11H,7,16H2,1-6H3;8H,6H2,1-5H3;;1H/t20-,23-,24+,26-,27-,28+;14-,15+,16-,17-,18+;8-,9-,10-,11+;8-;;/m0001../s1. The van der Waals surface area contributed by atoms with E-state index in [1.165, 1.54) is 61.0 Å². The summed E-state index contributed by atoms with van der Waals surface area (Å²) in [4.78, 5) is 137. The zero-order valence-corrected chi connectivity index (χ0v) is 82.0. The Kier molecular flexibility index (Phi) is 38.1. The van der Waals surface area contributed by atoms with Gasteiger partial charge in [-0.1, -0.05) is 172 Å². The molecule has 8 N–H and O–H groups in total. The minimum Gasteiger partial charge on any atom is -0.467 e. The number of rotatable bonds is 27. The van der Waals surface area contributed by atoms with E-state index in [0.29, 0.717) is 19.0 Å². The summed E-state index contributed by atoms with van der Waals surface area (Å²) < 4.78 is 139. The zero-order valence-electron chi connectivity index (χ0n) is 78.7. The van der Waals surface area contributed by atoms with Crippen LogP contribution >= 0.6 is 12.4 Å². The van der Waals surface area contributed by atoms with Gasteiger partial charge in [-0.05, 0) is 91.0 Å². The number of amides is 9. The number of likely N-dealkylation sites (tertiary alicyclic amines) is 3. The van der Waals surface area contributed by atoms with Crippen molar-refractivity contribution in [2.45, 2.75) is 246 Å². The third-order valence-corrected chi connectivity index (χ3v) is 29.1. The Morgan fingerprint density at radius 3 is 1.16 bits per heavy atom. The quantitative estimate of drug-likeness (QED) is 0.0160. The molecule has 0 spiro atoms. The summed E-state index contributed by atoms with van der Waals surface area (Å²) in [5.41, 5.74) is 2.33. The molecule has 6 fully saturated rings. The maximum atomic E-state index is 14.3. The number of halogens is 5. The molecular formula is C83H143BClF4N14O18S3. The van der Waals surface area contributed by atoms with Gasteiger partial charge in [0.2, 0.25) is 72.1 Å². The fourth-order valence-corrected chi connectivity index (χ4v) is 17.4. The SMILES string of the molecule is CN(C[C@@H](N=C=O)C(C)(C)C)S(C)(=O)=O.CN(C[C@@H](NC(=O)N[C@H](C(=O)N1C[C@H]2[C@@H]([C@H]1C(=O)N[C@@H](CC(F)F)C(=O)NCCc1c(F)cccc1F)C2(C)C)C(C)(C)C)C(C)(C)C)S(C)(=O)=O.COC(=O)[C@@H]1[C@@H]2[C@H](CN1C(=O)[C@@H](N)C(C)(C)C)C2(C)C.COC(=O)[C@@H]1[C@@H]2[C@H](CN1C(=O)[C@@H](NC(=O)N[C@H](CN(C)S(C)(=O)=O)C(C)(C)C)C(C)(C)C)C2(C)C.Cl.[B]. The van der Waals surface area contributed by atoms with Crippen molar-refractivity contribution in [1.82, 2.24) is 59.5 Å². The number of alkyl halides is 2. The number of piperidine rings is 3. The predicted octanol–water partition coefficient (Wildman–Crippen LogP) is 6.61. The van der Waals surface area contributed by atoms with Crippen LogP contribution in [0.1, 0.15) is 178 Å². The third kappa shape index (κ3) is 28.8. The number of urea groups is 2. The van der Waals surface area contributed by atoms with Gasteiger partial charge in [0.15, 0.2) is 0 Å². The van der Waals surface area contributed by atoms with Gasteiger partial charge in [-0.15, -0.1) is 12.4 Å². The number of hydrogen-bond acceptors (Lipinski definition) is 20. The largest absolute Gasteiger partial charge is 0.467 e. The average Bonchev–Trinajstić information content (AvgIpc) is 1.54. The van der Waals surface area contributed by atoms with Crippen molar-refractivity contribution in [3.05, 3.63) is 35.4 Å². The maximum Gasteiger partial charge on any atom is 0.328 e. The number of carbonyl (C=O) groups is 9. The van der Waals surface area contributed by atoms with Crippen LogP contribution in [0.5, 0.6) is 0 Å². The Morgan fingerprint density at radius 1 is 0.532 bits per heavy atom. The summed E-state index contributed by atoms with van der Waals surface area (Å²) in [7, 11) is -3.22. The van der Waals surface area contributed by atoms with Gasteiger partial charge in [-0.25, -0.2) is 84.7 Å². The number of ether oxygens (including phenoxy) is 2. The number of fused-ring (bicyclic) bond motifs is 3. The van der Waals surface area contributed by atoms with Gasteiger partial charge in [0.25, 0.3) is 0 Å². The number of carbonyl (C=O) groups excluding carboxylic acids is 10. The fraction of sp³-hybridized carbons (Fsp3) is 0.807. The van der Waals surface area contributed by atoms with Crippen LogP contribution in [0.15, 0.2) is 23.2 Å². The van der Waals surface area contributed by atoms with E-state index in [4.69, 9.17) is 15.2 Å². The van der Waals surface area contributed by atoms with Crippen LogP contribution in [-0.2, 0) is 84.3 Å². The van der Waals surface area contributed by atoms with Gasteiger partial charge in [0, 0.05) is 111 Å². The van der Waals surface area contributed by atoms with Gasteiger partial charge < -0.3 is 61.8 Å². The summed E-state index contributed by atoms with van der Waals surface area (Å²) >= 11 is 0. The van der Waals surface area contributed by atoms with E-state index in [0.717, 1.165) is 35.2 Å². The molecule has 3 aliphatic carbocycles. The first-order chi connectivity index (χ1) is 54.9. The molecule has 32 nitrogen and oxygen atoms in total. The second-order valence-electron chi connectivity index (χ2n) is 41.9. The number of aliphatic imine (C=N–C) groups is 1. The van der Waals surface area contributed by atoms with E-state index >= 15 is 0 Å². The average molecular weight is 1840 g/mol. The van der Waals surface area contributed by atoms with E-state index < -0.39 is 166 Å². The lowest BCUT2D eigenvalue weighted by Crippen LogP contribution is -2.62. The lowest BCUT2D eigenvalue weighted by Gasteiger charge is -2.39. The van der Waals surface area contributed by atoms with Gasteiger partial charge in [-0.2, -0.15) is 0 Å². The molecule has 7 rings (SSSR count). The number of methoxy groups -OCH3 is 2. The molecule has 124 heavy (non-hydrogen) atoms. The molecule has 3 heterocycles. The number of benzene rings is 1. The molecule has 0 aromatic heterocycles. The molecule has 41 heteroatoms. The van der Waals surface area contributed by atoms with Crippen LogP contribution < -0.4 is 37.6 Å². The lowest BCUT2D eigenvalue weighted by molar-refractivity contribution is -0.154. The Balaban J connectivity index is 0.000000619. The number of likely N-dealkylation sites (N-methyl/N-ethyl adjacent to an activating group) is 3. The van der Waals surface area contributed by atoms with E-state index in [1.807, 2.05) is 118 Å². The maximum absolute atomic E-state index is 14.3. The van der Waals surface area contributed by atoms with Crippen LogP contribution in [0.4, 0.5) is 27.2 Å². The molecule has 709 valence electrons. The van der Waals surface area contributed by atoms with Crippen molar-refractivity contribution in [2.75, 3.05) is 99.9 Å². The van der Waals surface area contributed by atoms with E-state index in [2.05, 4.69) is 64.6 Å². The van der Waals surface area contributed by atoms with Gasteiger partial charge in [0.05, 0.1) is 45.1 Å². The number of esters is 2. The first kappa shape index (κ1) is 113. The molecule has 3 saturated heterocycles. The second-order valence-corrected chi connectivity index (χ2v) is 48.2. The highest BCUT2D eigenvalue weighted by Gasteiger charge is 2.73. The molecule has 9 amide bonds. The highest BCUT2D eigenvalue weighted by atomic mass is 35.5. The molecule has 1 aromatic rings. The van der Waals surface area contributed by atoms with Crippen LogP contribution in [0, 0.1) is 95.9 Å². The number of nitrogens with one attached hydrogen (secondary N) is 6. The molecule has 16 atom stereocenters. The van der Waals surface area contributed by atoms with Crippen molar-refractivity contribution >= 4 is 111 Å². The minimum atomic E-state index is -3.56.